The Kier molecular flexibility index (Phi) is 5.37. The van der Waals surface area contributed by atoms with Crippen LogP contribution in [-0.2, 0) is 11.0 Å². The van der Waals surface area contributed by atoms with Gasteiger partial charge in [-0.1, -0.05) is 0 Å². The number of rotatable bonds is 3. The van der Waals surface area contributed by atoms with E-state index in [0.717, 1.165) is 4.90 Å². The molecule has 35 heavy (non-hydrogen) atoms. The first-order chi connectivity index (χ1) is 16.6. The number of carbonyl (C=O) groups excluding carboxylic acids is 1. The molecule has 1 amide bonds. The predicted octanol–water partition coefficient (Wildman–Crippen LogP) is 3.91. The molecule has 5 rings (SSSR count). The molecule has 1 aliphatic carbocycles. The highest BCUT2D eigenvalue weighted by Gasteiger charge is 2.60. The SMILES string of the molecule is N#Cc1cc(F)c(N2C(=O)C3(CCC3)N(c3ccc4c(c3)OC[C@@H](CO)O4)C2=S)cc1C(F)(F)F. The van der Waals surface area contributed by atoms with Crippen LogP contribution in [0.1, 0.15) is 30.4 Å². The Morgan fingerprint density at radius 1 is 1.23 bits per heavy atom. The number of nitrogens with zero attached hydrogens (tertiary/aromatic N) is 3. The molecule has 2 fully saturated rings. The monoisotopic (exact) mass is 507 g/mol. The van der Waals surface area contributed by atoms with E-state index in [9.17, 15) is 27.5 Å². The van der Waals surface area contributed by atoms with Gasteiger partial charge in [0.2, 0.25) is 0 Å². The number of carbonyl (C=O) groups is 1. The van der Waals surface area contributed by atoms with Gasteiger partial charge in [-0.05, 0) is 55.7 Å². The maximum absolute atomic E-state index is 15.0. The summed E-state index contributed by atoms with van der Waals surface area (Å²) in [6, 6.07) is 7.04. The third kappa shape index (κ3) is 3.49. The van der Waals surface area contributed by atoms with Crippen molar-refractivity contribution in [3.05, 3.63) is 47.3 Å². The average Bonchev–Trinajstić information content (AvgIpc) is 3.04. The summed E-state index contributed by atoms with van der Waals surface area (Å²) in [5.41, 5.74) is -3.65. The molecule has 0 unspecified atom stereocenters. The lowest BCUT2D eigenvalue weighted by Crippen LogP contribution is -2.55. The molecule has 182 valence electrons. The second-order valence-electron chi connectivity index (χ2n) is 8.47. The maximum Gasteiger partial charge on any atom is 0.417 e. The smallest absolute Gasteiger partial charge is 0.417 e. The van der Waals surface area contributed by atoms with Crippen molar-refractivity contribution >= 4 is 34.6 Å². The Morgan fingerprint density at radius 3 is 2.57 bits per heavy atom. The molecule has 1 atom stereocenters. The minimum Gasteiger partial charge on any atom is -0.486 e. The van der Waals surface area contributed by atoms with E-state index >= 15 is 0 Å². The summed E-state index contributed by atoms with van der Waals surface area (Å²) < 4.78 is 66.9. The molecule has 7 nitrogen and oxygen atoms in total. The molecule has 2 aromatic carbocycles. The van der Waals surface area contributed by atoms with Gasteiger partial charge >= 0.3 is 6.18 Å². The van der Waals surface area contributed by atoms with E-state index in [1.165, 1.54) is 11.0 Å². The van der Waals surface area contributed by atoms with E-state index in [1.54, 1.807) is 18.2 Å². The molecule has 0 bridgehead atoms. The Bertz CT molecular complexity index is 1290. The van der Waals surface area contributed by atoms with Gasteiger partial charge in [0, 0.05) is 11.8 Å². The molecule has 3 aliphatic rings. The van der Waals surface area contributed by atoms with Crippen LogP contribution in [0, 0.1) is 17.1 Å². The number of fused-ring (bicyclic) bond motifs is 1. The van der Waals surface area contributed by atoms with Crippen LogP contribution in [0.15, 0.2) is 30.3 Å². The van der Waals surface area contributed by atoms with Gasteiger partial charge in [-0.3, -0.25) is 9.69 Å². The van der Waals surface area contributed by atoms with E-state index in [0.29, 0.717) is 48.6 Å². The van der Waals surface area contributed by atoms with Gasteiger partial charge in [-0.25, -0.2) is 4.39 Å². The van der Waals surface area contributed by atoms with E-state index in [-0.39, 0.29) is 18.3 Å². The molecule has 0 aromatic heterocycles. The molecule has 12 heteroatoms. The minimum absolute atomic E-state index is 0.101. The molecule has 1 spiro atoms. The number of benzene rings is 2. The third-order valence-electron chi connectivity index (χ3n) is 6.45. The quantitative estimate of drug-likeness (QED) is 0.498. The number of halogens is 4. The molecule has 1 saturated heterocycles. The number of nitriles is 1. The summed E-state index contributed by atoms with van der Waals surface area (Å²) in [5.74, 6) is -1.08. The lowest BCUT2D eigenvalue weighted by atomic mass is 9.75. The topological polar surface area (TPSA) is 86.0 Å². The number of aliphatic hydroxyl groups excluding tert-OH is 1. The predicted molar refractivity (Wildman–Crippen MR) is 119 cm³/mol. The summed E-state index contributed by atoms with van der Waals surface area (Å²) in [7, 11) is 0. The van der Waals surface area contributed by atoms with Crippen LogP contribution in [-0.4, -0.2) is 41.0 Å². The van der Waals surface area contributed by atoms with E-state index in [2.05, 4.69) is 0 Å². The second-order valence-corrected chi connectivity index (χ2v) is 8.83. The van der Waals surface area contributed by atoms with Gasteiger partial charge in [0.1, 0.15) is 18.0 Å². The van der Waals surface area contributed by atoms with Crippen molar-refractivity contribution in [2.45, 2.75) is 37.1 Å². The molecule has 1 N–H and O–H groups in total. The number of ether oxygens (including phenoxy) is 2. The van der Waals surface area contributed by atoms with Crippen molar-refractivity contribution in [2.24, 2.45) is 0 Å². The van der Waals surface area contributed by atoms with E-state index < -0.39 is 46.4 Å². The highest BCUT2D eigenvalue weighted by atomic mass is 32.1. The zero-order valence-corrected chi connectivity index (χ0v) is 18.7. The van der Waals surface area contributed by atoms with Crippen molar-refractivity contribution in [3.8, 4) is 17.6 Å². The van der Waals surface area contributed by atoms with Crippen LogP contribution >= 0.6 is 12.2 Å². The molecule has 1 saturated carbocycles. The van der Waals surface area contributed by atoms with Crippen LogP contribution in [0.3, 0.4) is 0 Å². The normalized spacial score (nSPS) is 20.7. The average molecular weight is 507 g/mol. The van der Waals surface area contributed by atoms with Crippen LogP contribution in [0.25, 0.3) is 0 Å². The number of thiocarbonyl (C=S) groups is 1. The second kappa shape index (κ2) is 8.07. The summed E-state index contributed by atoms with van der Waals surface area (Å²) in [4.78, 5) is 15.8. The van der Waals surface area contributed by atoms with Crippen LogP contribution in [0.4, 0.5) is 28.9 Å². The van der Waals surface area contributed by atoms with E-state index in [4.69, 9.17) is 27.0 Å². The van der Waals surface area contributed by atoms with Crippen LogP contribution in [0.2, 0.25) is 0 Å². The van der Waals surface area contributed by atoms with Gasteiger partial charge in [0.05, 0.1) is 29.5 Å². The van der Waals surface area contributed by atoms with Crippen molar-refractivity contribution in [2.75, 3.05) is 23.0 Å². The number of hydrogen-bond acceptors (Lipinski definition) is 6. The fraction of sp³-hybridized carbons (Fsp3) is 0.348. The van der Waals surface area contributed by atoms with Crippen molar-refractivity contribution in [1.29, 1.82) is 5.26 Å². The minimum atomic E-state index is -4.94. The fourth-order valence-corrected chi connectivity index (χ4v) is 5.05. The summed E-state index contributed by atoms with van der Waals surface area (Å²) in [6.07, 6.45) is -4.06. The highest BCUT2D eigenvalue weighted by Crippen LogP contribution is 2.50. The zero-order valence-electron chi connectivity index (χ0n) is 17.9. The third-order valence-corrected chi connectivity index (χ3v) is 6.82. The standard InChI is InChI=1S/C23H17F4N3O4S/c24-16-6-12(9-28)15(23(25,26)27)8-17(16)29-20(32)22(4-1-5-22)30(21(29)35)13-2-3-18-19(7-13)33-11-14(10-31)34-18/h2-3,6-8,14,31H,1,4-5,10-11H2/t14-/m1/s1. The van der Waals surface area contributed by atoms with E-state index in [1.807, 2.05) is 0 Å². The number of hydrogen-bond donors (Lipinski definition) is 1. The lowest BCUT2D eigenvalue weighted by molar-refractivity contribution is -0.137. The first-order valence-corrected chi connectivity index (χ1v) is 11.1. The number of alkyl halides is 3. The number of amides is 1. The van der Waals surface area contributed by atoms with Crippen LogP contribution < -0.4 is 19.3 Å². The fourth-order valence-electron chi connectivity index (χ4n) is 4.59. The number of aliphatic hydroxyl groups is 1. The lowest BCUT2D eigenvalue weighted by Gasteiger charge is -2.43. The summed E-state index contributed by atoms with van der Waals surface area (Å²) >= 11 is 5.51. The molecular formula is C23H17F4N3O4S. The first-order valence-electron chi connectivity index (χ1n) is 10.6. The molecule has 2 aromatic rings. The van der Waals surface area contributed by atoms with Crippen molar-refractivity contribution < 1.29 is 36.9 Å². The van der Waals surface area contributed by atoms with Gasteiger partial charge in [0.25, 0.3) is 5.91 Å². The molecule has 2 aliphatic heterocycles. The molecule has 0 radical (unpaired) electrons. The van der Waals surface area contributed by atoms with Gasteiger partial charge in [0.15, 0.2) is 22.7 Å². The zero-order chi connectivity index (χ0) is 25.1. The van der Waals surface area contributed by atoms with Crippen LogP contribution in [0.5, 0.6) is 11.5 Å². The van der Waals surface area contributed by atoms with Gasteiger partial charge in [-0.2, -0.15) is 18.4 Å². The largest absolute Gasteiger partial charge is 0.486 e. The maximum atomic E-state index is 15.0. The molecular weight excluding hydrogens is 490 g/mol. The summed E-state index contributed by atoms with van der Waals surface area (Å²) in [6.45, 7) is -0.135. The number of anilines is 2. The van der Waals surface area contributed by atoms with Crippen molar-refractivity contribution in [1.82, 2.24) is 0 Å². The Morgan fingerprint density at radius 2 is 1.97 bits per heavy atom. The van der Waals surface area contributed by atoms with Crippen molar-refractivity contribution in [3.63, 3.8) is 0 Å². The first kappa shape index (κ1) is 23.3. The van der Waals surface area contributed by atoms with Gasteiger partial charge < -0.3 is 19.5 Å². The Balaban J connectivity index is 1.59. The highest BCUT2D eigenvalue weighted by molar-refractivity contribution is 7.81. The molecule has 2 heterocycles. The summed E-state index contributed by atoms with van der Waals surface area (Å²) in [5, 5.41) is 18.2. The Labute approximate surface area is 202 Å². The Hall–Kier alpha value is -3.43. The van der Waals surface area contributed by atoms with Gasteiger partial charge in [-0.15, -0.1) is 0 Å².